The molecule has 0 saturated carbocycles. The van der Waals surface area contributed by atoms with Gasteiger partial charge in [-0.15, -0.1) is 0 Å². The van der Waals surface area contributed by atoms with Crippen LogP contribution in [0.5, 0.6) is 11.5 Å². The Hall–Kier alpha value is -2.60. The second-order valence-corrected chi connectivity index (χ2v) is 6.18. The molecule has 0 bridgehead atoms. The lowest BCUT2D eigenvalue weighted by Gasteiger charge is -2.15. The highest BCUT2D eigenvalue weighted by Crippen LogP contribution is 2.29. The maximum Gasteiger partial charge on any atom is 0.226 e. The number of aryl methyl sites for hydroxylation is 1. The van der Waals surface area contributed by atoms with Crippen molar-refractivity contribution >= 4 is 11.6 Å². The number of ether oxygens (including phenoxy) is 2. The van der Waals surface area contributed by atoms with Crippen LogP contribution >= 0.6 is 0 Å². The quantitative estimate of drug-likeness (QED) is 0.754. The van der Waals surface area contributed by atoms with Crippen LogP contribution in [-0.2, 0) is 11.3 Å². The first-order valence-corrected chi connectivity index (χ1v) is 8.43. The molecule has 0 aromatic heterocycles. The average molecular weight is 360 g/mol. The number of carbonyl (C=O) groups is 1. The van der Waals surface area contributed by atoms with Crippen LogP contribution in [-0.4, -0.2) is 26.2 Å². The van der Waals surface area contributed by atoms with Crippen molar-refractivity contribution in [2.24, 2.45) is 0 Å². The van der Waals surface area contributed by atoms with Crippen LogP contribution in [0.15, 0.2) is 36.4 Å². The molecule has 2 aromatic rings. The summed E-state index contributed by atoms with van der Waals surface area (Å²) in [6.07, 6.45) is 0.301. The Kier molecular flexibility index (Phi) is 6.97. The molecular weight excluding hydrogens is 335 g/mol. The molecule has 1 atom stereocenters. The zero-order chi connectivity index (χ0) is 19.1. The molecule has 0 radical (unpaired) electrons. The number of nitrogens with one attached hydrogen (secondary N) is 2. The molecule has 5 nitrogen and oxygen atoms in total. The van der Waals surface area contributed by atoms with E-state index in [4.69, 9.17) is 9.47 Å². The molecule has 2 aromatic carbocycles. The fourth-order valence-corrected chi connectivity index (χ4v) is 2.56. The van der Waals surface area contributed by atoms with Gasteiger partial charge < -0.3 is 20.1 Å². The SMILES string of the molecule is COc1ccc(NC(=O)CC(C)NCc2ccc(F)c(C)c2)c(OC)c1. The monoisotopic (exact) mass is 360 g/mol. The minimum atomic E-state index is -0.213. The maximum absolute atomic E-state index is 13.3. The second-order valence-electron chi connectivity index (χ2n) is 6.18. The van der Waals surface area contributed by atoms with E-state index in [2.05, 4.69) is 10.6 Å². The molecule has 0 spiro atoms. The average Bonchev–Trinajstić information content (AvgIpc) is 2.63. The first kappa shape index (κ1) is 19.7. The summed E-state index contributed by atoms with van der Waals surface area (Å²) >= 11 is 0. The predicted octanol–water partition coefficient (Wildman–Crippen LogP) is 3.66. The molecular formula is C20H25FN2O3. The van der Waals surface area contributed by atoms with Crippen molar-refractivity contribution in [1.29, 1.82) is 0 Å². The van der Waals surface area contributed by atoms with Gasteiger partial charge in [0.05, 0.1) is 19.9 Å². The Bertz CT molecular complexity index is 765. The summed E-state index contributed by atoms with van der Waals surface area (Å²) in [5, 5.41) is 6.12. The van der Waals surface area contributed by atoms with Crippen LogP contribution in [0.1, 0.15) is 24.5 Å². The zero-order valence-corrected chi connectivity index (χ0v) is 15.6. The number of halogens is 1. The van der Waals surface area contributed by atoms with E-state index in [9.17, 15) is 9.18 Å². The largest absolute Gasteiger partial charge is 0.497 e. The van der Waals surface area contributed by atoms with E-state index >= 15 is 0 Å². The van der Waals surface area contributed by atoms with Crippen LogP contribution in [0, 0.1) is 12.7 Å². The van der Waals surface area contributed by atoms with Crippen molar-refractivity contribution in [2.45, 2.75) is 32.9 Å². The van der Waals surface area contributed by atoms with Gasteiger partial charge in [0.25, 0.3) is 0 Å². The van der Waals surface area contributed by atoms with Gasteiger partial charge in [-0.1, -0.05) is 12.1 Å². The van der Waals surface area contributed by atoms with Crippen molar-refractivity contribution in [3.63, 3.8) is 0 Å². The molecule has 0 fully saturated rings. The first-order valence-electron chi connectivity index (χ1n) is 8.43. The minimum Gasteiger partial charge on any atom is -0.497 e. The van der Waals surface area contributed by atoms with Crippen molar-refractivity contribution in [3.05, 3.63) is 53.3 Å². The fraction of sp³-hybridized carbons (Fsp3) is 0.350. The van der Waals surface area contributed by atoms with Crippen molar-refractivity contribution in [3.8, 4) is 11.5 Å². The highest BCUT2D eigenvalue weighted by molar-refractivity contribution is 5.92. The smallest absolute Gasteiger partial charge is 0.226 e. The molecule has 0 heterocycles. The van der Waals surface area contributed by atoms with Gasteiger partial charge in [-0.05, 0) is 43.2 Å². The number of hydrogen-bond donors (Lipinski definition) is 2. The summed E-state index contributed by atoms with van der Waals surface area (Å²) in [5.74, 6) is 0.864. The third-order valence-electron chi connectivity index (χ3n) is 4.05. The summed E-state index contributed by atoms with van der Waals surface area (Å²) < 4.78 is 23.7. The van der Waals surface area contributed by atoms with Crippen molar-refractivity contribution in [1.82, 2.24) is 5.32 Å². The number of methoxy groups -OCH3 is 2. The summed E-state index contributed by atoms with van der Waals surface area (Å²) in [5.41, 5.74) is 2.19. The minimum absolute atomic E-state index is 0.0374. The first-order chi connectivity index (χ1) is 12.4. The van der Waals surface area contributed by atoms with Gasteiger partial charge in [0.2, 0.25) is 5.91 Å². The Morgan fingerprint density at radius 1 is 1.15 bits per heavy atom. The molecule has 6 heteroatoms. The molecule has 0 aliphatic rings. The Morgan fingerprint density at radius 2 is 1.92 bits per heavy atom. The lowest BCUT2D eigenvalue weighted by atomic mass is 10.1. The molecule has 0 aliphatic heterocycles. The second kappa shape index (κ2) is 9.20. The summed E-state index contributed by atoms with van der Waals surface area (Å²) in [7, 11) is 3.11. The molecule has 1 amide bonds. The Morgan fingerprint density at radius 3 is 2.58 bits per heavy atom. The molecule has 2 N–H and O–H groups in total. The van der Waals surface area contributed by atoms with Crippen molar-refractivity contribution < 1.29 is 18.7 Å². The third-order valence-corrected chi connectivity index (χ3v) is 4.05. The van der Waals surface area contributed by atoms with E-state index < -0.39 is 0 Å². The third kappa shape index (κ3) is 5.46. The van der Waals surface area contributed by atoms with E-state index in [0.29, 0.717) is 35.7 Å². The lowest BCUT2D eigenvalue weighted by Crippen LogP contribution is -2.30. The van der Waals surface area contributed by atoms with Gasteiger partial charge in [0.1, 0.15) is 17.3 Å². The highest BCUT2D eigenvalue weighted by Gasteiger charge is 2.12. The summed E-state index contributed by atoms with van der Waals surface area (Å²) in [4.78, 5) is 12.3. The Balaban J connectivity index is 1.87. The molecule has 0 aliphatic carbocycles. The molecule has 1 unspecified atom stereocenters. The molecule has 0 saturated heterocycles. The fourth-order valence-electron chi connectivity index (χ4n) is 2.56. The van der Waals surface area contributed by atoms with Gasteiger partial charge in [0, 0.05) is 25.1 Å². The standard InChI is InChI=1S/C20H25FN2O3/c1-13-9-15(5-7-17(13)21)12-22-14(2)10-20(24)23-18-8-6-16(25-3)11-19(18)26-4/h5-9,11,14,22H,10,12H2,1-4H3,(H,23,24). The van der Waals surface area contributed by atoms with Crippen LogP contribution in [0.2, 0.25) is 0 Å². The zero-order valence-electron chi connectivity index (χ0n) is 15.6. The maximum atomic E-state index is 13.3. The number of benzene rings is 2. The van der Waals surface area contributed by atoms with Gasteiger partial charge in [-0.25, -0.2) is 4.39 Å². The number of rotatable bonds is 8. The van der Waals surface area contributed by atoms with E-state index in [1.165, 1.54) is 6.07 Å². The van der Waals surface area contributed by atoms with Crippen molar-refractivity contribution in [2.75, 3.05) is 19.5 Å². The van der Waals surface area contributed by atoms with E-state index in [-0.39, 0.29) is 17.8 Å². The van der Waals surface area contributed by atoms with Gasteiger partial charge >= 0.3 is 0 Å². The molecule has 140 valence electrons. The van der Waals surface area contributed by atoms with Crippen LogP contribution in [0.25, 0.3) is 0 Å². The normalized spacial score (nSPS) is 11.7. The predicted molar refractivity (Wildman–Crippen MR) is 100 cm³/mol. The van der Waals surface area contributed by atoms with Crippen LogP contribution < -0.4 is 20.1 Å². The number of amides is 1. The number of carbonyl (C=O) groups excluding carboxylic acids is 1. The van der Waals surface area contributed by atoms with Gasteiger partial charge in [0.15, 0.2) is 0 Å². The van der Waals surface area contributed by atoms with Crippen LogP contribution in [0.4, 0.5) is 10.1 Å². The van der Waals surface area contributed by atoms with E-state index in [1.807, 2.05) is 6.92 Å². The van der Waals surface area contributed by atoms with Gasteiger partial charge in [-0.3, -0.25) is 4.79 Å². The van der Waals surface area contributed by atoms with E-state index in [1.54, 1.807) is 51.5 Å². The Labute approximate surface area is 153 Å². The highest BCUT2D eigenvalue weighted by atomic mass is 19.1. The topological polar surface area (TPSA) is 59.6 Å². The molecule has 2 rings (SSSR count). The van der Waals surface area contributed by atoms with Crippen LogP contribution in [0.3, 0.4) is 0 Å². The molecule has 26 heavy (non-hydrogen) atoms. The van der Waals surface area contributed by atoms with Gasteiger partial charge in [-0.2, -0.15) is 0 Å². The number of hydrogen-bond acceptors (Lipinski definition) is 4. The summed E-state index contributed by atoms with van der Waals surface area (Å²) in [6, 6.07) is 10.2. The lowest BCUT2D eigenvalue weighted by molar-refractivity contribution is -0.116. The number of anilines is 1. The summed E-state index contributed by atoms with van der Waals surface area (Å²) in [6.45, 7) is 4.24. The van der Waals surface area contributed by atoms with E-state index in [0.717, 1.165) is 5.56 Å².